The molecule has 1 aromatic carbocycles. The van der Waals surface area contributed by atoms with E-state index in [1.165, 1.54) is 0 Å². The minimum absolute atomic E-state index is 0.00531. The summed E-state index contributed by atoms with van der Waals surface area (Å²) in [4.78, 5) is 13.9. The van der Waals surface area contributed by atoms with Crippen LogP contribution in [0.15, 0.2) is 24.3 Å². The summed E-state index contributed by atoms with van der Waals surface area (Å²) in [5.41, 5.74) is 6.58. The number of amides is 1. The summed E-state index contributed by atoms with van der Waals surface area (Å²) in [6, 6.07) is 7.50. The molecule has 1 aliphatic heterocycles. The van der Waals surface area contributed by atoms with Gasteiger partial charge in [-0.25, -0.2) is 0 Å². The van der Waals surface area contributed by atoms with Gasteiger partial charge in [0.2, 0.25) is 5.91 Å². The number of rotatable bonds is 4. The number of nitrogens with zero attached hydrogens (tertiary/aromatic N) is 1. The number of nitrogens with one attached hydrogen (secondary N) is 1. The lowest BCUT2D eigenvalue weighted by Crippen LogP contribution is -2.33. The second-order valence-corrected chi connectivity index (χ2v) is 4.56. The lowest BCUT2D eigenvalue weighted by molar-refractivity contribution is -0.117. The molecule has 1 amide bonds. The Kier molecular flexibility index (Phi) is 4.17. The predicted molar refractivity (Wildman–Crippen MR) is 70.7 cm³/mol. The normalized spacial score (nSPS) is 19.8. The fourth-order valence-electron chi connectivity index (χ4n) is 2.08. The Morgan fingerprint density at radius 1 is 1.50 bits per heavy atom. The van der Waals surface area contributed by atoms with Crippen LogP contribution in [0, 0.1) is 0 Å². The van der Waals surface area contributed by atoms with Crippen molar-refractivity contribution in [3.8, 4) is 5.75 Å². The number of benzene rings is 1. The molecule has 1 saturated heterocycles. The van der Waals surface area contributed by atoms with E-state index in [-0.39, 0.29) is 11.9 Å². The third-order valence-electron chi connectivity index (χ3n) is 3.05. The number of ether oxygens (including phenoxy) is 1. The zero-order chi connectivity index (χ0) is 13.0. The Morgan fingerprint density at radius 3 is 2.78 bits per heavy atom. The third-order valence-corrected chi connectivity index (χ3v) is 3.05. The van der Waals surface area contributed by atoms with Crippen LogP contribution in [-0.2, 0) is 4.79 Å². The van der Waals surface area contributed by atoms with Crippen LogP contribution >= 0.6 is 0 Å². The van der Waals surface area contributed by atoms with E-state index in [4.69, 9.17) is 10.5 Å². The molecule has 0 aliphatic carbocycles. The maximum atomic E-state index is 11.8. The second-order valence-electron chi connectivity index (χ2n) is 4.56. The summed E-state index contributed by atoms with van der Waals surface area (Å²) in [6.07, 6.45) is 0.968. The fraction of sp³-hybridized carbons (Fsp3) is 0.462. The molecule has 3 N–H and O–H groups in total. The van der Waals surface area contributed by atoms with Crippen molar-refractivity contribution in [3.63, 3.8) is 0 Å². The number of hydrogen-bond acceptors (Lipinski definition) is 4. The number of likely N-dealkylation sites (tertiary alicyclic amines) is 1. The van der Waals surface area contributed by atoms with Gasteiger partial charge in [-0.05, 0) is 30.7 Å². The van der Waals surface area contributed by atoms with Gasteiger partial charge in [-0.3, -0.25) is 9.69 Å². The summed E-state index contributed by atoms with van der Waals surface area (Å²) in [7, 11) is 1.62. The van der Waals surface area contributed by atoms with Crippen LogP contribution < -0.4 is 15.8 Å². The van der Waals surface area contributed by atoms with Crippen molar-refractivity contribution in [1.82, 2.24) is 4.90 Å². The lowest BCUT2D eigenvalue weighted by Gasteiger charge is -2.14. The highest BCUT2D eigenvalue weighted by atomic mass is 16.5. The van der Waals surface area contributed by atoms with Gasteiger partial charge in [-0.15, -0.1) is 0 Å². The molecule has 2 rings (SSSR count). The number of carbonyl (C=O) groups is 1. The molecule has 1 aliphatic rings. The number of hydrogen-bond donors (Lipinski definition) is 2. The Labute approximate surface area is 107 Å². The van der Waals surface area contributed by atoms with E-state index in [0.29, 0.717) is 6.54 Å². The van der Waals surface area contributed by atoms with Crippen molar-refractivity contribution in [2.45, 2.75) is 12.5 Å². The van der Waals surface area contributed by atoms with Crippen LogP contribution in [0.5, 0.6) is 5.75 Å². The Morgan fingerprint density at radius 2 is 2.22 bits per heavy atom. The first-order valence-electron chi connectivity index (χ1n) is 6.09. The first kappa shape index (κ1) is 12.9. The van der Waals surface area contributed by atoms with Gasteiger partial charge in [0.15, 0.2) is 0 Å². The van der Waals surface area contributed by atoms with E-state index in [1.54, 1.807) is 7.11 Å². The predicted octanol–water partition coefficient (Wildman–Crippen LogP) is 0.667. The van der Waals surface area contributed by atoms with Crippen molar-refractivity contribution >= 4 is 11.6 Å². The highest BCUT2D eigenvalue weighted by Crippen LogP contribution is 2.15. The van der Waals surface area contributed by atoms with Crippen molar-refractivity contribution in [2.75, 3.05) is 32.1 Å². The molecule has 98 valence electrons. The number of nitrogens with two attached hydrogens (primary N) is 1. The second kappa shape index (κ2) is 5.84. The van der Waals surface area contributed by atoms with Crippen molar-refractivity contribution in [1.29, 1.82) is 0 Å². The molecular weight excluding hydrogens is 230 g/mol. The standard InChI is InChI=1S/C13H19N3O2/c1-18-12-4-2-11(3-5-12)15-13(17)9-16-7-6-10(14)8-16/h2-5,10H,6-9,14H2,1H3,(H,15,17)/t10-/m1/s1. The maximum Gasteiger partial charge on any atom is 0.238 e. The van der Waals surface area contributed by atoms with Gasteiger partial charge in [0, 0.05) is 24.8 Å². The number of anilines is 1. The molecule has 5 nitrogen and oxygen atoms in total. The van der Waals surface area contributed by atoms with E-state index < -0.39 is 0 Å². The SMILES string of the molecule is COc1ccc(NC(=O)CN2CC[C@@H](N)C2)cc1. The van der Waals surface area contributed by atoms with E-state index in [1.807, 2.05) is 24.3 Å². The summed E-state index contributed by atoms with van der Waals surface area (Å²) in [5, 5.41) is 2.86. The first-order valence-corrected chi connectivity index (χ1v) is 6.09. The van der Waals surface area contributed by atoms with E-state index in [0.717, 1.165) is 30.9 Å². The summed E-state index contributed by atoms with van der Waals surface area (Å²) >= 11 is 0. The quantitative estimate of drug-likeness (QED) is 0.823. The van der Waals surface area contributed by atoms with Gasteiger partial charge < -0.3 is 15.8 Å². The van der Waals surface area contributed by atoms with Crippen LogP contribution in [0.3, 0.4) is 0 Å². The van der Waals surface area contributed by atoms with Gasteiger partial charge in [-0.1, -0.05) is 0 Å². The molecule has 1 fully saturated rings. The summed E-state index contributed by atoms with van der Waals surface area (Å²) < 4.78 is 5.06. The molecule has 1 heterocycles. The molecule has 0 aromatic heterocycles. The minimum atomic E-state index is -0.00531. The van der Waals surface area contributed by atoms with Crippen LogP contribution in [-0.4, -0.2) is 43.6 Å². The Hall–Kier alpha value is -1.59. The molecular formula is C13H19N3O2. The Bertz CT molecular complexity index is 405. The molecule has 0 spiro atoms. The van der Waals surface area contributed by atoms with Crippen molar-refractivity contribution in [3.05, 3.63) is 24.3 Å². The monoisotopic (exact) mass is 249 g/mol. The number of methoxy groups -OCH3 is 1. The highest BCUT2D eigenvalue weighted by Gasteiger charge is 2.20. The average molecular weight is 249 g/mol. The fourth-order valence-corrected chi connectivity index (χ4v) is 2.08. The van der Waals surface area contributed by atoms with Gasteiger partial charge in [-0.2, -0.15) is 0 Å². The molecule has 1 aromatic rings. The molecule has 0 saturated carbocycles. The third kappa shape index (κ3) is 3.45. The maximum absolute atomic E-state index is 11.8. The van der Waals surface area contributed by atoms with Gasteiger partial charge in [0.25, 0.3) is 0 Å². The Balaban J connectivity index is 1.83. The zero-order valence-electron chi connectivity index (χ0n) is 10.6. The molecule has 18 heavy (non-hydrogen) atoms. The molecule has 0 bridgehead atoms. The molecule has 0 radical (unpaired) electrons. The van der Waals surface area contributed by atoms with E-state index in [9.17, 15) is 4.79 Å². The minimum Gasteiger partial charge on any atom is -0.497 e. The highest BCUT2D eigenvalue weighted by molar-refractivity contribution is 5.92. The largest absolute Gasteiger partial charge is 0.497 e. The molecule has 1 atom stereocenters. The summed E-state index contributed by atoms with van der Waals surface area (Å²) in [6.45, 7) is 2.10. The van der Waals surface area contributed by atoms with Crippen molar-refractivity contribution in [2.24, 2.45) is 5.73 Å². The summed E-state index contributed by atoms with van der Waals surface area (Å²) in [5.74, 6) is 0.771. The van der Waals surface area contributed by atoms with E-state index >= 15 is 0 Å². The average Bonchev–Trinajstić information content (AvgIpc) is 2.75. The smallest absolute Gasteiger partial charge is 0.238 e. The van der Waals surface area contributed by atoms with Crippen LogP contribution in [0.1, 0.15) is 6.42 Å². The molecule has 5 heteroatoms. The first-order chi connectivity index (χ1) is 8.67. The van der Waals surface area contributed by atoms with Gasteiger partial charge in [0.1, 0.15) is 5.75 Å². The van der Waals surface area contributed by atoms with Gasteiger partial charge in [0.05, 0.1) is 13.7 Å². The topological polar surface area (TPSA) is 67.6 Å². The van der Waals surface area contributed by atoms with E-state index in [2.05, 4.69) is 10.2 Å². The van der Waals surface area contributed by atoms with Crippen LogP contribution in [0.25, 0.3) is 0 Å². The zero-order valence-corrected chi connectivity index (χ0v) is 10.6. The van der Waals surface area contributed by atoms with Crippen molar-refractivity contribution < 1.29 is 9.53 Å². The van der Waals surface area contributed by atoms with Crippen LogP contribution in [0.4, 0.5) is 5.69 Å². The lowest BCUT2D eigenvalue weighted by atomic mass is 10.3. The van der Waals surface area contributed by atoms with Crippen LogP contribution in [0.2, 0.25) is 0 Å². The van der Waals surface area contributed by atoms with Gasteiger partial charge >= 0.3 is 0 Å². The number of carbonyl (C=O) groups excluding carboxylic acids is 1. The molecule has 0 unspecified atom stereocenters.